The average Bonchev–Trinajstić information content (AvgIpc) is 3.03. The van der Waals surface area contributed by atoms with Crippen molar-refractivity contribution >= 4 is 0 Å². The van der Waals surface area contributed by atoms with E-state index in [1.54, 1.807) is 0 Å². The number of piperazine rings is 1. The Morgan fingerprint density at radius 3 is 2.62 bits per heavy atom. The Morgan fingerprint density at radius 2 is 2.00 bits per heavy atom. The molecule has 16 heavy (non-hydrogen) atoms. The molecule has 3 aliphatic rings. The van der Waals surface area contributed by atoms with Crippen molar-refractivity contribution in [1.29, 1.82) is 0 Å². The highest BCUT2D eigenvalue weighted by molar-refractivity contribution is 4.97. The first-order valence-electron chi connectivity index (χ1n) is 6.86. The largest absolute Gasteiger partial charge is 0.377 e. The number of hydrogen-bond acceptors (Lipinski definition) is 3. The van der Waals surface area contributed by atoms with Crippen molar-refractivity contribution < 1.29 is 4.74 Å². The molecule has 1 saturated carbocycles. The summed E-state index contributed by atoms with van der Waals surface area (Å²) in [6.45, 7) is 7.94. The summed E-state index contributed by atoms with van der Waals surface area (Å²) in [6, 6.07) is 2.09. The summed E-state index contributed by atoms with van der Waals surface area (Å²) in [5, 5.41) is 3.72. The van der Waals surface area contributed by atoms with Crippen LogP contribution in [0.15, 0.2) is 0 Å². The van der Waals surface area contributed by atoms with Gasteiger partial charge in [-0.15, -0.1) is 0 Å². The van der Waals surface area contributed by atoms with Crippen LogP contribution in [-0.4, -0.2) is 48.8 Å². The van der Waals surface area contributed by atoms with Crippen LogP contribution in [0.2, 0.25) is 0 Å². The lowest BCUT2D eigenvalue weighted by Gasteiger charge is -2.43. The first kappa shape index (κ1) is 11.0. The van der Waals surface area contributed by atoms with Gasteiger partial charge in [-0.05, 0) is 39.0 Å². The van der Waals surface area contributed by atoms with Crippen molar-refractivity contribution in [2.75, 3.05) is 19.7 Å². The zero-order chi connectivity index (χ0) is 11.1. The normalized spacial score (nSPS) is 46.1. The van der Waals surface area contributed by atoms with E-state index in [0.29, 0.717) is 18.2 Å². The number of ether oxygens (including phenoxy) is 1. The second kappa shape index (κ2) is 4.28. The minimum atomic E-state index is 0.431. The molecule has 0 aromatic carbocycles. The van der Waals surface area contributed by atoms with Gasteiger partial charge >= 0.3 is 0 Å². The molecule has 0 amide bonds. The third kappa shape index (κ3) is 2.01. The van der Waals surface area contributed by atoms with Gasteiger partial charge in [0.2, 0.25) is 0 Å². The lowest BCUT2D eigenvalue weighted by atomic mass is 10.0. The van der Waals surface area contributed by atoms with Crippen LogP contribution >= 0.6 is 0 Å². The van der Waals surface area contributed by atoms with E-state index in [0.717, 1.165) is 25.1 Å². The van der Waals surface area contributed by atoms with Crippen LogP contribution in [0.5, 0.6) is 0 Å². The van der Waals surface area contributed by atoms with Crippen LogP contribution in [0, 0.1) is 5.92 Å². The number of nitrogens with one attached hydrogen (secondary N) is 1. The molecule has 3 nitrogen and oxygen atoms in total. The van der Waals surface area contributed by atoms with Gasteiger partial charge in [0, 0.05) is 37.8 Å². The van der Waals surface area contributed by atoms with Crippen LogP contribution < -0.4 is 5.32 Å². The van der Waals surface area contributed by atoms with Crippen LogP contribution in [0.4, 0.5) is 0 Å². The Labute approximate surface area is 98.5 Å². The fourth-order valence-corrected chi connectivity index (χ4v) is 3.34. The third-order valence-corrected chi connectivity index (χ3v) is 4.60. The molecule has 0 aromatic heterocycles. The van der Waals surface area contributed by atoms with E-state index in [2.05, 4.69) is 24.1 Å². The van der Waals surface area contributed by atoms with Gasteiger partial charge < -0.3 is 10.1 Å². The lowest BCUT2D eigenvalue weighted by Crippen LogP contribution is -2.60. The van der Waals surface area contributed by atoms with Crippen LogP contribution in [0.3, 0.4) is 0 Å². The summed E-state index contributed by atoms with van der Waals surface area (Å²) in [5.74, 6) is 0.965. The predicted molar refractivity (Wildman–Crippen MR) is 64.5 cm³/mol. The van der Waals surface area contributed by atoms with Gasteiger partial charge in [0.25, 0.3) is 0 Å². The highest BCUT2D eigenvalue weighted by Crippen LogP contribution is 2.35. The van der Waals surface area contributed by atoms with Crippen molar-refractivity contribution in [1.82, 2.24) is 10.2 Å². The van der Waals surface area contributed by atoms with Gasteiger partial charge in [-0.1, -0.05) is 0 Å². The van der Waals surface area contributed by atoms with E-state index < -0.39 is 0 Å². The van der Waals surface area contributed by atoms with E-state index in [1.165, 1.54) is 25.8 Å². The van der Waals surface area contributed by atoms with Crippen molar-refractivity contribution in [3.63, 3.8) is 0 Å². The van der Waals surface area contributed by atoms with E-state index in [4.69, 9.17) is 4.74 Å². The van der Waals surface area contributed by atoms with Gasteiger partial charge in [0.1, 0.15) is 0 Å². The summed E-state index contributed by atoms with van der Waals surface area (Å²) in [6.07, 6.45) is 4.54. The first-order chi connectivity index (χ1) is 7.75. The monoisotopic (exact) mass is 224 g/mol. The first-order valence-corrected chi connectivity index (χ1v) is 6.86. The summed E-state index contributed by atoms with van der Waals surface area (Å²) in [4.78, 5) is 2.71. The lowest BCUT2D eigenvalue weighted by molar-refractivity contribution is 0.0337. The average molecular weight is 224 g/mol. The maximum absolute atomic E-state index is 5.72. The Morgan fingerprint density at radius 1 is 1.19 bits per heavy atom. The van der Waals surface area contributed by atoms with E-state index in [9.17, 15) is 0 Å². The molecule has 1 aliphatic carbocycles. The summed E-state index contributed by atoms with van der Waals surface area (Å²) >= 11 is 0. The highest BCUT2D eigenvalue weighted by Gasteiger charge is 2.40. The van der Waals surface area contributed by atoms with Gasteiger partial charge in [-0.25, -0.2) is 0 Å². The van der Waals surface area contributed by atoms with E-state index in [1.807, 2.05) is 0 Å². The Hall–Kier alpha value is -0.120. The van der Waals surface area contributed by atoms with Crippen molar-refractivity contribution in [2.24, 2.45) is 5.92 Å². The molecule has 0 bridgehead atoms. The standard InChI is InChI=1S/C13H24N2O/c1-9-7-14-12(11-3-4-11)8-15(9)13-5-6-16-10(13)2/h9-14H,3-8H2,1-2H3. The highest BCUT2D eigenvalue weighted by atomic mass is 16.5. The summed E-state index contributed by atoms with van der Waals surface area (Å²) in [7, 11) is 0. The molecule has 2 saturated heterocycles. The molecule has 2 heterocycles. The minimum absolute atomic E-state index is 0.431. The summed E-state index contributed by atoms with van der Waals surface area (Å²) in [5.41, 5.74) is 0. The molecule has 0 aromatic rings. The van der Waals surface area contributed by atoms with Gasteiger partial charge in [-0.2, -0.15) is 0 Å². The second-order valence-electron chi connectivity index (χ2n) is 5.83. The molecule has 4 unspecified atom stereocenters. The molecule has 1 N–H and O–H groups in total. The molecule has 3 fully saturated rings. The molecule has 4 atom stereocenters. The molecule has 3 rings (SSSR count). The molecular formula is C13H24N2O. The van der Waals surface area contributed by atoms with E-state index >= 15 is 0 Å². The predicted octanol–water partition coefficient (Wildman–Crippen LogP) is 1.24. The molecule has 92 valence electrons. The van der Waals surface area contributed by atoms with Gasteiger partial charge in [0.15, 0.2) is 0 Å². The topological polar surface area (TPSA) is 24.5 Å². The zero-order valence-electron chi connectivity index (χ0n) is 10.5. The maximum Gasteiger partial charge on any atom is 0.0703 e. The van der Waals surface area contributed by atoms with Crippen LogP contribution in [0.1, 0.15) is 33.1 Å². The van der Waals surface area contributed by atoms with Gasteiger partial charge in [0.05, 0.1) is 6.10 Å². The summed E-state index contributed by atoms with van der Waals surface area (Å²) < 4.78 is 5.72. The number of rotatable bonds is 2. The Balaban J connectivity index is 1.66. The van der Waals surface area contributed by atoms with Crippen molar-refractivity contribution in [2.45, 2.75) is 57.3 Å². The van der Waals surface area contributed by atoms with Crippen LogP contribution in [-0.2, 0) is 4.74 Å². The molecule has 3 heteroatoms. The van der Waals surface area contributed by atoms with Crippen molar-refractivity contribution in [3.8, 4) is 0 Å². The fraction of sp³-hybridized carbons (Fsp3) is 1.00. The maximum atomic E-state index is 5.72. The number of nitrogens with zero attached hydrogens (tertiary/aromatic N) is 1. The Kier molecular flexibility index (Phi) is 2.94. The third-order valence-electron chi connectivity index (χ3n) is 4.60. The molecule has 2 aliphatic heterocycles. The molecular weight excluding hydrogens is 200 g/mol. The number of hydrogen-bond donors (Lipinski definition) is 1. The van der Waals surface area contributed by atoms with Crippen LogP contribution in [0.25, 0.3) is 0 Å². The van der Waals surface area contributed by atoms with Crippen molar-refractivity contribution in [3.05, 3.63) is 0 Å². The Bertz CT molecular complexity index is 254. The SMILES string of the molecule is CC1OCCC1N1CC(C2CC2)NCC1C. The molecule has 0 radical (unpaired) electrons. The molecule has 0 spiro atoms. The zero-order valence-corrected chi connectivity index (χ0v) is 10.5. The van der Waals surface area contributed by atoms with E-state index in [-0.39, 0.29) is 0 Å². The fourth-order valence-electron chi connectivity index (χ4n) is 3.34. The smallest absolute Gasteiger partial charge is 0.0703 e. The minimum Gasteiger partial charge on any atom is -0.377 e. The quantitative estimate of drug-likeness (QED) is 0.763. The second-order valence-corrected chi connectivity index (χ2v) is 5.83. The van der Waals surface area contributed by atoms with Gasteiger partial charge in [-0.3, -0.25) is 4.90 Å².